The Morgan fingerprint density at radius 3 is 2.65 bits per heavy atom. The number of rotatable bonds is 7. The zero-order valence-corrected chi connectivity index (χ0v) is 15.5. The van der Waals surface area contributed by atoms with Gasteiger partial charge in [0.05, 0.1) is 13.2 Å². The lowest BCUT2D eigenvalue weighted by molar-refractivity contribution is -0.135. The van der Waals surface area contributed by atoms with E-state index in [0.29, 0.717) is 29.9 Å². The van der Waals surface area contributed by atoms with Crippen LogP contribution in [0.1, 0.15) is 18.4 Å². The molecule has 5 heteroatoms. The molecule has 3 rings (SSSR count). The number of benzene rings is 2. The summed E-state index contributed by atoms with van der Waals surface area (Å²) in [7, 11) is 0. The molecule has 0 aliphatic carbocycles. The second-order valence-electron chi connectivity index (χ2n) is 6.59. The summed E-state index contributed by atoms with van der Waals surface area (Å²) in [6.45, 7) is 2.87. The fourth-order valence-corrected chi connectivity index (χ4v) is 3.24. The van der Waals surface area contributed by atoms with Crippen LogP contribution in [-0.4, -0.2) is 37.1 Å². The van der Waals surface area contributed by atoms with Crippen molar-refractivity contribution in [3.63, 3.8) is 0 Å². The molecule has 1 aliphatic rings. The summed E-state index contributed by atoms with van der Waals surface area (Å²) in [5.41, 5.74) is 1.17. The highest BCUT2D eigenvalue weighted by Gasteiger charge is 2.24. The van der Waals surface area contributed by atoms with Crippen LogP contribution in [0.4, 0.5) is 0 Å². The maximum absolute atomic E-state index is 12.4. The van der Waals surface area contributed by atoms with Gasteiger partial charge in [0.25, 0.3) is 5.91 Å². The van der Waals surface area contributed by atoms with Gasteiger partial charge < -0.3 is 14.4 Å². The number of nitrogens with zero attached hydrogens (tertiary/aromatic N) is 1. The number of likely N-dealkylation sites (tertiary alicyclic amines) is 1. The summed E-state index contributed by atoms with van der Waals surface area (Å²) >= 11 is 5.85. The van der Waals surface area contributed by atoms with Crippen LogP contribution in [0.3, 0.4) is 0 Å². The largest absolute Gasteiger partial charge is 0.484 e. The van der Waals surface area contributed by atoms with E-state index in [4.69, 9.17) is 21.1 Å². The van der Waals surface area contributed by atoms with Crippen molar-refractivity contribution in [1.29, 1.82) is 0 Å². The number of ether oxygens (including phenoxy) is 2. The van der Waals surface area contributed by atoms with Crippen LogP contribution in [-0.2, 0) is 16.1 Å². The van der Waals surface area contributed by atoms with Crippen molar-refractivity contribution in [3.8, 4) is 5.75 Å². The number of carbonyl (C=O) groups excluding carboxylic acids is 1. The minimum atomic E-state index is 0.0210. The molecule has 0 radical (unpaired) electrons. The number of hydrogen-bond donors (Lipinski definition) is 0. The molecule has 0 spiro atoms. The number of amides is 1. The first-order valence-corrected chi connectivity index (χ1v) is 9.36. The molecule has 2 aromatic carbocycles. The average molecular weight is 374 g/mol. The van der Waals surface area contributed by atoms with Crippen molar-refractivity contribution in [1.82, 2.24) is 4.90 Å². The van der Waals surface area contributed by atoms with E-state index in [2.05, 4.69) is 12.1 Å². The van der Waals surface area contributed by atoms with Crippen LogP contribution in [0, 0.1) is 5.92 Å². The molecule has 1 aliphatic heterocycles. The smallest absolute Gasteiger partial charge is 0.260 e. The summed E-state index contributed by atoms with van der Waals surface area (Å²) in [5.74, 6) is 1.06. The minimum absolute atomic E-state index is 0.0210. The lowest BCUT2D eigenvalue weighted by Gasteiger charge is -2.32. The molecule has 0 aromatic heterocycles. The van der Waals surface area contributed by atoms with E-state index in [-0.39, 0.29) is 12.5 Å². The van der Waals surface area contributed by atoms with Gasteiger partial charge in [0, 0.05) is 18.1 Å². The summed E-state index contributed by atoms with van der Waals surface area (Å²) in [6.07, 6.45) is 2.10. The van der Waals surface area contributed by atoms with Crippen molar-refractivity contribution in [2.45, 2.75) is 19.4 Å². The first-order valence-electron chi connectivity index (χ1n) is 8.98. The minimum Gasteiger partial charge on any atom is -0.484 e. The number of hydrogen-bond acceptors (Lipinski definition) is 3. The zero-order valence-electron chi connectivity index (χ0n) is 14.8. The Balaban J connectivity index is 1.40. The SMILES string of the molecule is O=C(COc1ccc(Cl)cc1)N1CCCC(COCc2ccccc2)C1. The zero-order chi connectivity index (χ0) is 18.2. The van der Waals surface area contributed by atoms with Crippen molar-refractivity contribution in [2.24, 2.45) is 5.92 Å². The Kier molecular flexibility index (Phi) is 6.92. The Labute approximate surface area is 159 Å². The van der Waals surface area contributed by atoms with Gasteiger partial charge in [-0.05, 0) is 48.6 Å². The van der Waals surface area contributed by atoms with Gasteiger partial charge in [0.1, 0.15) is 5.75 Å². The van der Waals surface area contributed by atoms with Crippen LogP contribution in [0.25, 0.3) is 0 Å². The van der Waals surface area contributed by atoms with E-state index in [0.717, 1.165) is 25.9 Å². The standard InChI is InChI=1S/C21H24ClNO3/c22-19-8-10-20(11-9-19)26-16-21(24)23-12-4-7-18(13-23)15-25-14-17-5-2-1-3-6-17/h1-3,5-6,8-11,18H,4,7,12-16H2. The van der Waals surface area contributed by atoms with Gasteiger partial charge in [-0.2, -0.15) is 0 Å². The quantitative estimate of drug-likeness (QED) is 0.731. The lowest BCUT2D eigenvalue weighted by Crippen LogP contribution is -2.43. The van der Waals surface area contributed by atoms with Gasteiger partial charge >= 0.3 is 0 Å². The summed E-state index contributed by atoms with van der Waals surface area (Å²) < 4.78 is 11.4. The van der Waals surface area contributed by atoms with Gasteiger partial charge in [0.2, 0.25) is 0 Å². The van der Waals surface area contributed by atoms with Crippen molar-refractivity contribution >= 4 is 17.5 Å². The Morgan fingerprint density at radius 2 is 1.88 bits per heavy atom. The molecule has 2 aromatic rings. The molecule has 1 amide bonds. The first-order chi connectivity index (χ1) is 12.7. The molecule has 1 saturated heterocycles. The maximum Gasteiger partial charge on any atom is 0.260 e. The molecule has 1 heterocycles. The molecule has 4 nitrogen and oxygen atoms in total. The molecule has 26 heavy (non-hydrogen) atoms. The third-order valence-corrected chi connectivity index (χ3v) is 4.76. The molecule has 138 valence electrons. The first kappa shape index (κ1) is 18.7. The normalized spacial score (nSPS) is 17.1. The van der Waals surface area contributed by atoms with Crippen LogP contribution < -0.4 is 4.74 Å². The van der Waals surface area contributed by atoms with E-state index >= 15 is 0 Å². The van der Waals surface area contributed by atoms with E-state index in [1.54, 1.807) is 24.3 Å². The predicted molar refractivity (Wildman–Crippen MR) is 102 cm³/mol. The third-order valence-electron chi connectivity index (χ3n) is 4.51. The van der Waals surface area contributed by atoms with Crippen molar-refractivity contribution in [2.75, 3.05) is 26.3 Å². The van der Waals surface area contributed by atoms with Crippen molar-refractivity contribution < 1.29 is 14.3 Å². The molecule has 1 atom stereocenters. The fourth-order valence-electron chi connectivity index (χ4n) is 3.11. The van der Waals surface area contributed by atoms with Crippen LogP contribution in [0.2, 0.25) is 5.02 Å². The fraction of sp³-hybridized carbons (Fsp3) is 0.381. The molecule has 0 bridgehead atoms. The maximum atomic E-state index is 12.4. The lowest BCUT2D eigenvalue weighted by atomic mass is 9.99. The van der Waals surface area contributed by atoms with Crippen molar-refractivity contribution in [3.05, 3.63) is 65.2 Å². The van der Waals surface area contributed by atoms with Gasteiger partial charge in [-0.1, -0.05) is 41.9 Å². The van der Waals surface area contributed by atoms with Crippen LogP contribution in [0.5, 0.6) is 5.75 Å². The van der Waals surface area contributed by atoms with E-state index in [1.165, 1.54) is 5.56 Å². The number of carbonyl (C=O) groups is 1. The summed E-state index contributed by atoms with van der Waals surface area (Å²) in [5, 5.41) is 0.651. The molecule has 0 saturated carbocycles. The molecule has 1 fully saturated rings. The van der Waals surface area contributed by atoms with Gasteiger partial charge in [-0.3, -0.25) is 4.79 Å². The molecular formula is C21H24ClNO3. The summed E-state index contributed by atoms with van der Waals surface area (Å²) in [6, 6.07) is 17.2. The second-order valence-corrected chi connectivity index (χ2v) is 7.03. The number of halogens is 1. The third kappa shape index (κ3) is 5.75. The predicted octanol–water partition coefficient (Wildman–Crippen LogP) is 4.17. The van der Waals surface area contributed by atoms with E-state index in [9.17, 15) is 4.79 Å². The van der Waals surface area contributed by atoms with Gasteiger partial charge in [-0.15, -0.1) is 0 Å². The van der Waals surface area contributed by atoms with E-state index in [1.807, 2.05) is 23.1 Å². The summed E-state index contributed by atoms with van der Waals surface area (Å²) in [4.78, 5) is 14.3. The number of piperidine rings is 1. The highest BCUT2D eigenvalue weighted by Crippen LogP contribution is 2.19. The molecule has 0 N–H and O–H groups in total. The van der Waals surface area contributed by atoms with Gasteiger partial charge in [-0.25, -0.2) is 0 Å². The van der Waals surface area contributed by atoms with Gasteiger partial charge in [0.15, 0.2) is 6.61 Å². The highest BCUT2D eigenvalue weighted by molar-refractivity contribution is 6.30. The second kappa shape index (κ2) is 9.60. The molecular weight excluding hydrogens is 350 g/mol. The van der Waals surface area contributed by atoms with E-state index < -0.39 is 0 Å². The molecule has 1 unspecified atom stereocenters. The average Bonchev–Trinajstić information content (AvgIpc) is 2.68. The Bertz CT molecular complexity index is 690. The Morgan fingerprint density at radius 1 is 1.12 bits per heavy atom. The van der Waals surface area contributed by atoms with Crippen LogP contribution >= 0.6 is 11.6 Å². The topological polar surface area (TPSA) is 38.8 Å². The van der Waals surface area contributed by atoms with Crippen LogP contribution in [0.15, 0.2) is 54.6 Å². The monoisotopic (exact) mass is 373 g/mol. The highest BCUT2D eigenvalue weighted by atomic mass is 35.5. The Hall–Kier alpha value is -2.04.